The molecule has 0 saturated heterocycles. The van der Waals surface area contributed by atoms with Crippen LogP contribution in [-0.4, -0.2) is 13.1 Å². The van der Waals surface area contributed by atoms with Gasteiger partial charge in [-0.1, -0.05) is 25.8 Å². The molecular weight excluding hydrogens is 146 g/mol. The minimum Gasteiger partial charge on any atom is -0.317 e. The van der Waals surface area contributed by atoms with Crippen molar-refractivity contribution in [1.82, 2.24) is 5.32 Å². The van der Waals surface area contributed by atoms with Crippen LogP contribution in [0.5, 0.6) is 0 Å². The molecule has 0 aromatic rings. The molecule has 0 bridgehead atoms. The van der Waals surface area contributed by atoms with Crippen LogP contribution in [0.2, 0.25) is 0 Å². The van der Waals surface area contributed by atoms with Crippen LogP contribution >= 0.6 is 0 Å². The summed E-state index contributed by atoms with van der Waals surface area (Å²) >= 11 is 0. The molecular formula is C11H23N. The van der Waals surface area contributed by atoms with Gasteiger partial charge in [0.05, 0.1) is 0 Å². The molecule has 2 unspecified atom stereocenters. The molecule has 0 rings (SSSR count). The van der Waals surface area contributed by atoms with E-state index in [0.29, 0.717) is 6.04 Å². The van der Waals surface area contributed by atoms with Gasteiger partial charge in [-0.05, 0) is 32.7 Å². The summed E-state index contributed by atoms with van der Waals surface area (Å²) in [7, 11) is 2.04. The molecule has 0 saturated carbocycles. The van der Waals surface area contributed by atoms with Crippen molar-refractivity contribution < 1.29 is 0 Å². The fourth-order valence-electron chi connectivity index (χ4n) is 1.38. The lowest BCUT2D eigenvalue weighted by atomic mass is 9.95. The van der Waals surface area contributed by atoms with E-state index >= 15 is 0 Å². The maximum atomic E-state index is 3.94. The van der Waals surface area contributed by atoms with Crippen LogP contribution in [0.15, 0.2) is 12.2 Å². The average molecular weight is 169 g/mol. The smallest absolute Gasteiger partial charge is 0.0104 e. The zero-order valence-electron chi connectivity index (χ0n) is 8.98. The van der Waals surface area contributed by atoms with Crippen molar-refractivity contribution in [2.45, 2.75) is 46.1 Å². The molecule has 0 heterocycles. The first-order valence-electron chi connectivity index (χ1n) is 4.91. The van der Waals surface area contributed by atoms with Crippen LogP contribution < -0.4 is 5.32 Å². The normalized spacial score (nSPS) is 15.7. The molecule has 0 radical (unpaired) electrons. The number of rotatable bonds is 6. The van der Waals surface area contributed by atoms with Gasteiger partial charge in [0.1, 0.15) is 0 Å². The molecule has 1 heteroatoms. The maximum Gasteiger partial charge on any atom is 0.0104 e. The van der Waals surface area contributed by atoms with E-state index < -0.39 is 0 Å². The van der Waals surface area contributed by atoms with E-state index in [2.05, 4.69) is 32.7 Å². The third-order valence-electron chi connectivity index (χ3n) is 2.39. The van der Waals surface area contributed by atoms with E-state index in [9.17, 15) is 0 Å². The van der Waals surface area contributed by atoms with Crippen molar-refractivity contribution in [1.29, 1.82) is 0 Å². The molecule has 0 spiro atoms. The second-order valence-electron chi connectivity index (χ2n) is 3.90. The first kappa shape index (κ1) is 11.7. The second kappa shape index (κ2) is 6.24. The zero-order valence-corrected chi connectivity index (χ0v) is 8.98. The van der Waals surface area contributed by atoms with E-state index in [-0.39, 0.29) is 0 Å². The third-order valence-corrected chi connectivity index (χ3v) is 2.39. The quantitative estimate of drug-likeness (QED) is 0.603. The molecule has 1 nitrogen and oxygen atoms in total. The highest BCUT2D eigenvalue weighted by molar-refractivity contribution is 4.92. The molecule has 0 aromatic heterocycles. The van der Waals surface area contributed by atoms with Gasteiger partial charge < -0.3 is 5.32 Å². The van der Waals surface area contributed by atoms with Crippen LogP contribution in [0, 0.1) is 5.92 Å². The maximum absolute atomic E-state index is 3.94. The van der Waals surface area contributed by atoms with Gasteiger partial charge in [-0.15, -0.1) is 6.58 Å². The summed E-state index contributed by atoms with van der Waals surface area (Å²) in [5, 5.41) is 3.34. The van der Waals surface area contributed by atoms with Crippen molar-refractivity contribution in [3.8, 4) is 0 Å². The van der Waals surface area contributed by atoms with Gasteiger partial charge in [-0.2, -0.15) is 0 Å². The summed E-state index contributed by atoms with van der Waals surface area (Å²) in [4.78, 5) is 0. The minimum absolute atomic E-state index is 0.623. The zero-order chi connectivity index (χ0) is 9.56. The Morgan fingerprint density at radius 1 is 1.50 bits per heavy atom. The molecule has 0 aliphatic carbocycles. The Morgan fingerprint density at radius 2 is 2.08 bits per heavy atom. The van der Waals surface area contributed by atoms with Crippen molar-refractivity contribution in [2.24, 2.45) is 5.92 Å². The first-order chi connectivity index (χ1) is 5.60. The Hall–Kier alpha value is -0.300. The Labute approximate surface area is 77.2 Å². The van der Waals surface area contributed by atoms with Crippen molar-refractivity contribution in [3.05, 3.63) is 12.2 Å². The van der Waals surface area contributed by atoms with Gasteiger partial charge in [-0.3, -0.25) is 0 Å². The van der Waals surface area contributed by atoms with Crippen LogP contribution in [-0.2, 0) is 0 Å². The van der Waals surface area contributed by atoms with Crippen molar-refractivity contribution in [3.63, 3.8) is 0 Å². The standard InChI is InChI=1S/C11H23N/c1-6-10(4)8-11(12-5)7-9(2)3/h10-12H,2,6-8H2,1,3-5H3. The van der Waals surface area contributed by atoms with Gasteiger partial charge in [0, 0.05) is 6.04 Å². The van der Waals surface area contributed by atoms with E-state index in [1.54, 1.807) is 0 Å². The average Bonchev–Trinajstić information content (AvgIpc) is 2.02. The van der Waals surface area contributed by atoms with Crippen LogP contribution in [0.3, 0.4) is 0 Å². The predicted octanol–water partition coefficient (Wildman–Crippen LogP) is 2.98. The van der Waals surface area contributed by atoms with Crippen molar-refractivity contribution in [2.75, 3.05) is 7.05 Å². The SMILES string of the molecule is C=C(C)CC(CC(C)CC)NC. The number of hydrogen-bond acceptors (Lipinski definition) is 1. The lowest BCUT2D eigenvalue weighted by Crippen LogP contribution is -2.27. The molecule has 72 valence electrons. The summed E-state index contributed by atoms with van der Waals surface area (Å²) < 4.78 is 0. The number of hydrogen-bond donors (Lipinski definition) is 1. The molecule has 0 amide bonds. The van der Waals surface area contributed by atoms with E-state index in [1.807, 2.05) is 7.05 Å². The fourth-order valence-corrected chi connectivity index (χ4v) is 1.38. The lowest BCUT2D eigenvalue weighted by Gasteiger charge is -2.19. The molecule has 12 heavy (non-hydrogen) atoms. The lowest BCUT2D eigenvalue weighted by molar-refractivity contribution is 0.410. The van der Waals surface area contributed by atoms with Crippen LogP contribution in [0.1, 0.15) is 40.0 Å². The highest BCUT2D eigenvalue weighted by atomic mass is 14.9. The summed E-state index contributed by atoms with van der Waals surface area (Å²) in [6.07, 6.45) is 3.65. The Morgan fingerprint density at radius 3 is 2.42 bits per heavy atom. The molecule has 0 fully saturated rings. The van der Waals surface area contributed by atoms with Gasteiger partial charge in [-0.25, -0.2) is 0 Å². The summed E-state index contributed by atoms with van der Waals surface area (Å²) in [6, 6.07) is 0.623. The first-order valence-corrected chi connectivity index (χ1v) is 4.91. The molecule has 0 aliphatic heterocycles. The molecule has 0 aliphatic rings. The largest absolute Gasteiger partial charge is 0.317 e. The van der Waals surface area contributed by atoms with Crippen LogP contribution in [0.25, 0.3) is 0 Å². The van der Waals surface area contributed by atoms with Gasteiger partial charge in [0.2, 0.25) is 0 Å². The highest BCUT2D eigenvalue weighted by Crippen LogP contribution is 2.14. The Bertz CT molecular complexity index is 129. The predicted molar refractivity (Wildman–Crippen MR) is 56.4 cm³/mol. The topological polar surface area (TPSA) is 12.0 Å². The van der Waals surface area contributed by atoms with E-state index in [0.717, 1.165) is 12.3 Å². The summed E-state index contributed by atoms with van der Waals surface area (Å²) in [6.45, 7) is 10.6. The fraction of sp³-hybridized carbons (Fsp3) is 0.818. The Kier molecular flexibility index (Phi) is 6.09. The van der Waals surface area contributed by atoms with Gasteiger partial charge >= 0.3 is 0 Å². The van der Waals surface area contributed by atoms with Gasteiger partial charge in [0.25, 0.3) is 0 Å². The van der Waals surface area contributed by atoms with E-state index in [4.69, 9.17) is 0 Å². The van der Waals surface area contributed by atoms with E-state index in [1.165, 1.54) is 18.4 Å². The molecule has 0 aromatic carbocycles. The third kappa shape index (κ3) is 5.36. The Balaban J connectivity index is 3.74. The van der Waals surface area contributed by atoms with Crippen molar-refractivity contribution >= 4 is 0 Å². The number of nitrogens with one attached hydrogen (secondary N) is 1. The second-order valence-corrected chi connectivity index (χ2v) is 3.90. The molecule has 1 N–H and O–H groups in total. The highest BCUT2D eigenvalue weighted by Gasteiger charge is 2.09. The van der Waals surface area contributed by atoms with Crippen LogP contribution in [0.4, 0.5) is 0 Å². The summed E-state index contributed by atoms with van der Waals surface area (Å²) in [5.41, 5.74) is 1.28. The summed E-state index contributed by atoms with van der Waals surface area (Å²) in [5.74, 6) is 0.821. The minimum atomic E-state index is 0.623. The van der Waals surface area contributed by atoms with Gasteiger partial charge in [0.15, 0.2) is 0 Å². The monoisotopic (exact) mass is 169 g/mol. The molecule has 2 atom stereocenters.